The van der Waals surface area contributed by atoms with E-state index in [1.54, 1.807) is 27.7 Å². The highest BCUT2D eigenvalue weighted by molar-refractivity contribution is 5.95. The maximum absolute atomic E-state index is 13.0. The highest BCUT2D eigenvalue weighted by Gasteiger charge is 2.22. The van der Waals surface area contributed by atoms with Crippen molar-refractivity contribution in [1.29, 1.82) is 0 Å². The van der Waals surface area contributed by atoms with Gasteiger partial charge in [0.05, 0.1) is 29.2 Å². The predicted octanol–water partition coefficient (Wildman–Crippen LogP) is 2.29. The predicted molar refractivity (Wildman–Crippen MR) is 96.7 cm³/mol. The lowest BCUT2D eigenvalue weighted by atomic mass is 10.0. The van der Waals surface area contributed by atoms with Gasteiger partial charge >= 0.3 is 0 Å². The Kier molecular flexibility index (Phi) is 3.96. The molecule has 4 aromatic rings. The Hall–Kier alpha value is -3.48. The Bertz CT molecular complexity index is 1070. The number of fused-ring (bicyclic) bond motifs is 1. The SMILES string of the molecule is Cc1c(C(=O)NC(c2ccccc2)c2ccn(C)n2)cnc2ccnn12. The van der Waals surface area contributed by atoms with Crippen LogP contribution in [-0.2, 0) is 7.05 Å². The van der Waals surface area contributed by atoms with Crippen LogP contribution >= 0.6 is 0 Å². The zero-order chi connectivity index (χ0) is 18.1. The summed E-state index contributed by atoms with van der Waals surface area (Å²) in [5.41, 5.74) is 3.68. The van der Waals surface area contributed by atoms with Gasteiger partial charge in [-0.3, -0.25) is 9.48 Å². The van der Waals surface area contributed by atoms with Gasteiger partial charge in [0.1, 0.15) is 0 Å². The number of nitrogens with zero attached hydrogens (tertiary/aromatic N) is 5. The molecule has 0 bridgehead atoms. The standard InChI is InChI=1S/C19H18N6O/c1-13-15(12-20-17-8-10-21-25(13)17)19(26)22-18(14-6-4-3-5-7-14)16-9-11-24(2)23-16/h3-12,18H,1-2H3,(H,22,26). The molecule has 0 saturated carbocycles. The van der Waals surface area contributed by atoms with Crippen LogP contribution in [0.4, 0.5) is 0 Å². The van der Waals surface area contributed by atoms with Crippen molar-refractivity contribution in [3.8, 4) is 0 Å². The lowest BCUT2D eigenvalue weighted by molar-refractivity contribution is 0.0940. The highest BCUT2D eigenvalue weighted by Crippen LogP contribution is 2.21. The van der Waals surface area contributed by atoms with E-state index in [0.29, 0.717) is 11.2 Å². The van der Waals surface area contributed by atoms with Crippen LogP contribution in [0.15, 0.2) is 61.1 Å². The minimum Gasteiger partial charge on any atom is -0.339 e. The number of amides is 1. The molecule has 0 spiro atoms. The topological polar surface area (TPSA) is 77.1 Å². The number of rotatable bonds is 4. The fourth-order valence-electron chi connectivity index (χ4n) is 2.98. The summed E-state index contributed by atoms with van der Waals surface area (Å²) < 4.78 is 3.38. The smallest absolute Gasteiger partial charge is 0.255 e. The van der Waals surface area contributed by atoms with Gasteiger partial charge in [0.2, 0.25) is 0 Å². The van der Waals surface area contributed by atoms with E-state index in [1.165, 1.54) is 0 Å². The van der Waals surface area contributed by atoms with E-state index >= 15 is 0 Å². The second kappa shape index (κ2) is 6.44. The monoisotopic (exact) mass is 346 g/mol. The van der Waals surface area contributed by atoms with Crippen LogP contribution in [0.25, 0.3) is 5.65 Å². The van der Waals surface area contributed by atoms with E-state index in [-0.39, 0.29) is 11.9 Å². The van der Waals surface area contributed by atoms with Crippen molar-refractivity contribution in [3.63, 3.8) is 0 Å². The summed E-state index contributed by atoms with van der Waals surface area (Å²) in [6.07, 6.45) is 5.11. The van der Waals surface area contributed by atoms with Crippen LogP contribution in [0.2, 0.25) is 0 Å². The van der Waals surface area contributed by atoms with Gasteiger partial charge in [-0.15, -0.1) is 0 Å². The average Bonchev–Trinajstić information content (AvgIpc) is 3.30. The Labute approximate surface area is 150 Å². The van der Waals surface area contributed by atoms with Gasteiger partial charge in [0.25, 0.3) is 5.91 Å². The summed E-state index contributed by atoms with van der Waals surface area (Å²) in [6.45, 7) is 1.86. The number of aryl methyl sites for hydroxylation is 2. The molecule has 0 radical (unpaired) electrons. The first kappa shape index (κ1) is 16.0. The van der Waals surface area contributed by atoms with Crippen molar-refractivity contribution in [2.24, 2.45) is 7.05 Å². The number of benzene rings is 1. The van der Waals surface area contributed by atoms with Crippen LogP contribution < -0.4 is 5.32 Å². The molecule has 0 aliphatic carbocycles. The second-order valence-corrected chi connectivity index (χ2v) is 6.09. The number of carbonyl (C=O) groups excluding carboxylic acids is 1. The van der Waals surface area contributed by atoms with E-state index in [2.05, 4.69) is 20.5 Å². The number of hydrogen-bond acceptors (Lipinski definition) is 4. The second-order valence-electron chi connectivity index (χ2n) is 6.09. The third-order valence-electron chi connectivity index (χ3n) is 4.34. The molecule has 130 valence electrons. The molecule has 3 aromatic heterocycles. The van der Waals surface area contributed by atoms with E-state index in [4.69, 9.17) is 0 Å². The first-order valence-electron chi connectivity index (χ1n) is 8.28. The Morgan fingerprint density at radius 1 is 1.15 bits per heavy atom. The normalized spacial score (nSPS) is 12.2. The summed E-state index contributed by atoms with van der Waals surface area (Å²) >= 11 is 0. The molecule has 7 heteroatoms. The number of nitrogens with one attached hydrogen (secondary N) is 1. The minimum absolute atomic E-state index is 0.216. The average molecular weight is 346 g/mol. The first-order valence-corrected chi connectivity index (χ1v) is 8.28. The lowest BCUT2D eigenvalue weighted by Gasteiger charge is -2.18. The molecule has 1 N–H and O–H groups in total. The van der Waals surface area contributed by atoms with Gasteiger partial charge in [-0.1, -0.05) is 30.3 Å². The maximum Gasteiger partial charge on any atom is 0.255 e. The molecule has 26 heavy (non-hydrogen) atoms. The Morgan fingerprint density at radius 2 is 1.96 bits per heavy atom. The third kappa shape index (κ3) is 2.83. The zero-order valence-corrected chi connectivity index (χ0v) is 14.5. The number of hydrogen-bond donors (Lipinski definition) is 1. The summed E-state index contributed by atoms with van der Waals surface area (Å²) in [7, 11) is 1.85. The van der Waals surface area contributed by atoms with Crippen LogP contribution in [0, 0.1) is 6.92 Å². The molecule has 1 amide bonds. The minimum atomic E-state index is -0.349. The van der Waals surface area contributed by atoms with Gasteiger partial charge < -0.3 is 5.32 Å². The van der Waals surface area contributed by atoms with Crippen molar-refractivity contribution in [2.45, 2.75) is 13.0 Å². The summed E-state index contributed by atoms with van der Waals surface area (Å²) in [5.74, 6) is -0.216. The van der Waals surface area contributed by atoms with E-state index < -0.39 is 0 Å². The molecule has 1 aromatic carbocycles. The van der Waals surface area contributed by atoms with Gasteiger partial charge in [0, 0.05) is 25.5 Å². The zero-order valence-electron chi connectivity index (χ0n) is 14.5. The third-order valence-corrected chi connectivity index (χ3v) is 4.34. The van der Waals surface area contributed by atoms with Crippen molar-refractivity contribution in [3.05, 3.63) is 83.6 Å². The maximum atomic E-state index is 13.0. The van der Waals surface area contributed by atoms with Crippen molar-refractivity contribution in [2.75, 3.05) is 0 Å². The molecule has 1 atom stereocenters. The quantitative estimate of drug-likeness (QED) is 0.615. The molecule has 0 aliphatic heterocycles. The number of carbonyl (C=O) groups is 1. The molecule has 1 unspecified atom stereocenters. The number of aromatic nitrogens is 5. The summed E-state index contributed by atoms with van der Waals surface area (Å²) in [6, 6.07) is 13.1. The lowest BCUT2D eigenvalue weighted by Crippen LogP contribution is -2.30. The van der Waals surface area contributed by atoms with Gasteiger partial charge in [-0.2, -0.15) is 10.2 Å². The van der Waals surface area contributed by atoms with Crippen LogP contribution in [0.3, 0.4) is 0 Å². The molecule has 4 rings (SSSR count). The Morgan fingerprint density at radius 3 is 2.69 bits per heavy atom. The summed E-state index contributed by atoms with van der Waals surface area (Å²) in [4.78, 5) is 17.3. The molecule has 3 heterocycles. The van der Waals surface area contributed by atoms with E-state index in [0.717, 1.165) is 17.0 Å². The van der Waals surface area contributed by atoms with E-state index in [9.17, 15) is 4.79 Å². The molecular formula is C19H18N6O. The van der Waals surface area contributed by atoms with Gasteiger partial charge in [-0.05, 0) is 18.6 Å². The largest absolute Gasteiger partial charge is 0.339 e. The van der Waals surface area contributed by atoms with Crippen molar-refractivity contribution < 1.29 is 4.79 Å². The van der Waals surface area contributed by atoms with Crippen LogP contribution in [-0.4, -0.2) is 30.3 Å². The van der Waals surface area contributed by atoms with Gasteiger partial charge in [-0.25, -0.2) is 9.50 Å². The van der Waals surface area contributed by atoms with Crippen molar-refractivity contribution >= 4 is 11.6 Å². The van der Waals surface area contributed by atoms with Crippen molar-refractivity contribution in [1.82, 2.24) is 29.7 Å². The molecule has 0 fully saturated rings. The first-order chi connectivity index (χ1) is 12.6. The highest BCUT2D eigenvalue weighted by atomic mass is 16.1. The fourth-order valence-corrected chi connectivity index (χ4v) is 2.98. The van der Waals surface area contributed by atoms with Crippen LogP contribution in [0.5, 0.6) is 0 Å². The fraction of sp³-hybridized carbons (Fsp3) is 0.158. The molecule has 7 nitrogen and oxygen atoms in total. The molecule has 0 saturated heterocycles. The Balaban J connectivity index is 1.70. The molecule has 0 aliphatic rings. The van der Waals surface area contributed by atoms with E-state index in [1.807, 2.05) is 56.6 Å². The van der Waals surface area contributed by atoms with Crippen LogP contribution in [0.1, 0.15) is 33.4 Å². The van der Waals surface area contributed by atoms with Gasteiger partial charge in [0.15, 0.2) is 5.65 Å². The molecular weight excluding hydrogens is 328 g/mol. The summed E-state index contributed by atoms with van der Waals surface area (Å²) in [5, 5.41) is 11.8.